The molecule has 1 N–H and O–H groups in total. The Morgan fingerprint density at radius 3 is 2.62 bits per heavy atom. The number of rotatable bonds is 4. The Kier molecular flexibility index (Phi) is 4.83. The number of aromatic nitrogens is 1. The van der Waals surface area contributed by atoms with Crippen molar-refractivity contribution in [3.8, 4) is 11.3 Å². The SMILES string of the molecule is O=C(NCc1cc(-c2ccc(Cl)cc2)on1)c1c(F)cccc1Cl. The standard InChI is InChI=1S/C17H11Cl2FN2O2/c18-11-6-4-10(5-7-11)15-8-12(22-24-15)9-21-17(23)16-13(19)2-1-3-14(16)20/h1-8H,9H2,(H,21,23). The van der Waals surface area contributed by atoms with Crippen molar-refractivity contribution in [3.63, 3.8) is 0 Å². The van der Waals surface area contributed by atoms with Gasteiger partial charge in [0.1, 0.15) is 11.5 Å². The van der Waals surface area contributed by atoms with E-state index in [0.717, 1.165) is 5.56 Å². The molecular weight excluding hydrogens is 354 g/mol. The fourth-order valence-corrected chi connectivity index (χ4v) is 2.49. The first-order valence-electron chi connectivity index (χ1n) is 6.98. The monoisotopic (exact) mass is 364 g/mol. The third-order valence-corrected chi connectivity index (χ3v) is 3.87. The van der Waals surface area contributed by atoms with Crippen molar-refractivity contribution in [2.75, 3.05) is 0 Å². The average molecular weight is 365 g/mol. The molecule has 3 aromatic rings. The van der Waals surface area contributed by atoms with Crippen molar-refractivity contribution in [1.29, 1.82) is 0 Å². The molecule has 0 aliphatic rings. The zero-order chi connectivity index (χ0) is 17.1. The third kappa shape index (κ3) is 3.58. The zero-order valence-electron chi connectivity index (χ0n) is 12.2. The van der Waals surface area contributed by atoms with E-state index in [1.165, 1.54) is 18.2 Å². The molecule has 3 rings (SSSR count). The summed E-state index contributed by atoms with van der Waals surface area (Å²) in [4.78, 5) is 12.1. The molecule has 0 radical (unpaired) electrons. The molecule has 24 heavy (non-hydrogen) atoms. The molecule has 4 nitrogen and oxygen atoms in total. The number of benzene rings is 2. The van der Waals surface area contributed by atoms with Crippen LogP contribution in [0.25, 0.3) is 11.3 Å². The maximum Gasteiger partial charge on any atom is 0.256 e. The number of hydrogen-bond acceptors (Lipinski definition) is 3. The van der Waals surface area contributed by atoms with Crippen LogP contribution < -0.4 is 5.32 Å². The van der Waals surface area contributed by atoms with E-state index in [0.29, 0.717) is 16.5 Å². The molecule has 1 aromatic heterocycles. The van der Waals surface area contributed by atoms with Crippen molar-refractivity contribution in [2.45, 2.75) is 6.54 Å². The molecule has 0 unspecified atom stereocenters. The van der Waals surface area contributed by atoms with Gasteiger partial charge in [0.2, 0.25) is 0 Å². The minimum absolute atomic E-state index is 0.0505. The predicted octanol–water partition coefficient (Wildman–Crippen LogP) is 4.72. The summed E-state index contributed by atoms with van der Waals surface area (Å²) in [5, 5.41) is 7.11. The minimum Gasteiger partial charge on any atom is -0.356 e. The first-order valence-corrected chi connectivity index (χ1v) is 7.74. The predicted molar refractivity (Wildman–Crippen MR) is 89.5 cm³/mol. The molecule has 0 saturated carbocycles. The summed E-state index contributed by atoms with van der Waals surface area (Å²) < 4.78 is 18.9. The first-order chi connectivity index (χ1) is 11.5. The molecule has 0 spiro atoms. The zero-order valence-corrected chi connectivity index (χ0v) is 13.7. The second-order valence-corrected chi connectivity index (χ2v) is 5.81. The summed E-state index contributed by atoms with van der Waals surface area (Å²) in [7, 11) is 0. The molecule has 0 aliphatic carbocycles. The number of halogens is 3. The molecule has 0 aliphatic heterocycles. The maximum atomic E-state index is 13.7. The van der Waals surface area contributed by atoms with Crippen LogP contribution in [0.3, 0.4) is 0 Å². The van der Waals surface area contributed by atoms with Gasteiger partial charge in [0.05, 0.1) is 17.1 Å². The van der Waals surface area contributed by atoms with Crippen LogP contribution in [0, 0.1) is 5.82 Å². The molecule has 0 fully saturated rings. The highest BCUT2D eigenvalue weighted by molar-refractivity contribution is 6.33. The van der Waals surface area contributed by atoms with Gasteiger partial charge >= 0.3 is 0 Å². The number of carbonyl (C=O) groups excluding carboxylic acids is 1. The van der Waals surface area contributed by atoms with Gasteiger partial charge in [-0.3, -0.25) is 4.79 Å². The van der Waals surface area contributed by atoms with Crippen LogP contribution in [0.4, 0.5) is 4.39 Å². The fraction of sp³-hybridized carbons (Fsp3) is 0.0588. The summed E-state index contributed by atoms with van der Waals surface area (Å²) in [6, 6.07) is 12.8. The van der Waals surface area contributed by atoms with E-state index in [-0.39, 0.29) is 17.1 Å². The lowest BCUT2D eigenvalue weighted by Gasteiger charge is -2.05. The number of amides is 1. The second-order valence-electron chi connectivity index (χ2n) is 4.97. The number of nitrogens with zero attached hydrogens (tertiary/aromatic N) is 1. The average Bonchev–Trinajstić information content (AvgIpc) is 3.02. The lowest BCUT2D eigenvalue weighted by atomic mass is 10.1. The van der Waals surface area contributed by atoms with E-state index in [1.807, 2.05) is 0 Å². The van der Waals surface area contributed by atoms with Gasteiger partial charge in [-0.1, -0.05) is 34.4 Å². The Bertz CT molecular complexity index is 858. The summed E-state index contributed by atoms with van der Waals surface area (Å²) in [6.07, 6.45) is 0. The highest BCUT2D eigenvalue weighted by atomic mass is 35.5. The van der Waals surface area contributed by atoms with Crippen molar-refractivity contribution in [3.05, 3.63) is 75.7 Å². The molecule has 7 heteroatoms. The Hall–Kier alpha value is -2.37. The van der Waals surface area contributed by atoms with Crippen molar-refractivity contribution < 1.29 is 13.7 Å². The van der Waals surface area contributed by atoms with E-state index >= 15 is 0 Å². The lowest BCUT2D eigenvalue weighted by Crippen LogP contribution is -2.24. The molecular formula is C17H11Cl2FN2O2. The van der Waals surface area contributed by atoms with Gasteiger partial charge in [-0.25, -0.2) is 4.39 Å². The first kappa shape index (κ1) is 16.5. The van der Waals surface area contributed by atoms with Crippen molar-refractivity contribution in [2.24, 2.45) is 0 Å². The van der Waals surface area contributed by atoms with Gasteiger partial charge in [0, 0.05) is 16.7 Å². The summed E-state index contributed by atoms with van der Waals surface area (Å²) in [5.74, 6) is -0.754. The van der Waals surface area contributed by atoms with Gasteiger partial charge < -0.3 is 9.84 Å². The molecule has 0 bridgehead atoms. The second kappa shape index (κ2) is 7.03. The molecule has 0 saturated heterocycles. The molecule has 0 atom stereocenters. The van der Waals surface area contributed by atoms with Gasteiger partial charge in [0.25, 0.3) is 5.91 Å². The molecule has 1 heterocycles. The largest absolute Gasteiger partial charge is 0.356 e. The van der Waals surface area contributed by atoms with Crippen LogP contribution in [0.5, 0.6) is 0 Å². The Morgan fingerprint density at radius 1 is 1.17 bits per heavy atom. The Labute approximate surface area is 147 Å². The van der Waals surface area contributed by atoms with Gasteiger partial charge in [-0.15, -0.1) is 0 Å². The fourth-order valence-electron chi connectivity index (χ4n) is 2.12. The molecule has 1 amide bonds. The van der Waals surface area contributed by atoms with E-state index in [4.69, 9.17) is 27.7 Å². The summed E-state index contributed by atoms with van der Waals surface area (Å²) >= 11 is 11.7. The highest BCUT2D eigenvalue weighted by Crippen LogP contribution is 2.22. The van der Waals surface area contributed by atoms with Crippen molar-refractivity contribution >= 4 is 29.1 Å². The number of nitrogens with one attached hydrogen (secondary N) is 1. The van der Waals surface area contributed by atoms with Crippen LogP contribution in [0.15, 0.2) is 53.1 Å². The Morgan fingerprint density at radius 2 is 1.92 bits per heavy atom. The quantitative estimate of drug-likeness (QED) is 0.728. The number of carbonyl (C=O) groups is 1. The van der Waals surface area contributed by atoms with Crippen LogP contribution in [-0.2, 0) is 6.54 Å². The minimum atomic E-state index is -0.679. The Balaban J connectivity index is 1.69. The normalized spacial score (nSPS) is 10.6. The van der Waals surface area contributed by atoms with Crippen LogP contribution >= 0.6 is 23.2 Å². The summed E-state index contributed by atoms with van der Waals surface area (Å²) in [6.45, 7) is 0.0839. The van der Waals surface area contributed by atoms with Gasteiger partial charge in [-0.05, 0) is 36.4 Å². The molecule has 122 valence electrons. The maximum absolute atomic E-state index is 13.7. The van der Waals surface area contributed by atoms with Crippen LogP contribution in [0.2, 0.25) is 10.0 Å². The van der Waals surface area contributed by atoms with E-state index < -0.39 is 11.7 Å². The molecule has 2 aromatic carbocycles. The third-order valence-electron chi connectivity index (χ3n) is 3.31. The lowest BCUT2D eigenvalue weighted by molar-refractivity contribution is 0.0946. The highest BCUT2D eigenvalue weighted by Gasteiger charge is 2.16. The van der Waals surface area contributed by atoms with Crippen LogP contribution in [-0.4, -0.2) is 11.1 Å². The van der Waals surface area contributed by atoms with E-state index in [1.54, 1.807) is 30.3 Å². The van der Waals surface area contributed by atoms with E-state index in [9.17, 15) is 9.18 Å². The van der Waals surface area contributed by atoms with Gasteiger partial charge in [0.15, 0.2) is 5.76 Å². The summed E-state index contributed by atoms with van der Waals surface area (Å²) in [5.41, 5.74) is 1.11. The van der Waals surface area contributed by atoms with Crippen LogP contribution in [0.1, 0.15) is 16.1 Å². The topological polar surface area (TPSA) is 55.1 Å². The van der Waals surface area contributed by atoms with E-state index in [2.05, 4.69) is 10.5 Å². The van der Waals surface area contributed by atoms with Crippen molar-refractivity contribution in [1.82, 2.24) is 10.5 Å². The number of hydrogen-bond donors (Lipinski definition) is 1. The van der Waals surface area contributed by atoms with Gasteiger partial charge in [-0.2, -0.15) is 0 Å². The smallest absolute Gasteiger partial charge is 0.256 e.